The molecule has 3 atom stereocenters. The zero-order valence-corrected chi connectivity index (χ0v) is 13.3. The molecule has 3 rings (SSSR count). The number of hydrogen-bond donors (Lipinski definition) is 3. The Bertz CT molecular complexity index is 782. The SMILES string of the molecule is O=C1N[C@@H](c2cccnc2)[C@H](C(=O)c2cccs2)[C@](O)(C(F)(F)F)N1. The molecule has 1 aliphatic heterocycles. The van der Waals surface area contributed by atoms with Crippen molar-refractivity contribution in [2.24, 2.45) is 5.92 Å². The Labute approximate surface area is 143 Å². The molecule has 1 saturated heterocycles. The van der Waals surface area contributed by atoms with E-state index >= 15 is 0 Å². The van der Waals surface area contributed by atoms with Crippen LogP contribution in [0, 0.1) is 5.92 Å². The fourth-order valence-corrected chi connectivity index (χ4v) is 3.45. The first-order chi connectivity index (χ1) is 11.7. The van der Waals surface area contributed by atoms with Gasteiger partial charge in [-0.2, -0.15) is 13.2 Å². The topological polar surface area (TPSA) is 91.3 Å². The van der Waals surface area contributed by atoms with Crippen molar-refractivity contribution in [1.29, 1.82) is 0 Å². The molecular formula is C15H12F3N3O3S. The lowest BCUT2D eigenvalue weighted by molar-refractivity contribution is -0.287. The van der Waals surface area contributed by atoms with E-state index in [0.717, 1.165) is 11.3 Å². The molecule has 2 amide bonds. The first-order valence-corrected chi connectivity index (χ1v) is 7.97. The number of nitrogens with zero attached hydrogens (tertiary/aromatic N) is 1. The molecule has 25 heavy (non-hydrogen) atoms. The highest BCUT2D eigenvalue weighted by molar-refractivity contribution is 7.12. The second-order valence-electron chi connectivity index (χ2n) is 5.45. The van der Waals surface area contributed by atoms with Gasteiger partial charge in [-0.15, -0.1) is 11.3 Å². The van der Waals surface area contributed by atoms with E-state index in [1.807, 2.05) is 0 Å². The molecule has 0 aliphatic carbocycles. The molecule has 3 N–H and O–H groups in total. The standard InChI is InChI=1S/C15H12F3N3O3S/c16-15(17,18)14(24)10(12(22)9-4-2-6-25-9)11(20-13(23)21-14)8-3-1-5-19-7-8/h1-7,10-11,24H,(H2,20,21,23)/t10-,11+,14+/m1/s1. The van der Waals surface area contributed by atoms with Crippen LogP contribution >= 0.6 is 11.3 Å². The quantitative estimate of drug-likeness (QED) is 0.722. The molecule has 0 unspecified atom stereocenters. The summed E-state index contributed by atoms with van der Waals surface area (Å²) in [6.07, 6.45) is -2.62. The second kappa shape index (κ2) is 6.12. The van der Waals surface area contributed by atoms with E-state index in [1.54, 1.807) is 0 Å². The summed E-state index contributed by atoms with van der Waals surface area (Å²) in [7, 11) is 0. The summed E-state index contributed by atoms with van der Waals surface area (Å²) in [6, 6.07) is 3.13. The highest BCUT2D eigenvalue weighted by atomic mass is 32.1. The van der Waals surface area contributed by atoms with Crippen molar-refractivity contribution in [3.05, 3.63) is 52.5 Å². The number of hydrogen-bond acceptors (Lipinski definition) is 5. The van der Waals surface area contributed by atoms with Crippen LogP contribution in [0.3, 0.4) is 0 Å². The number of Topliss-reactive ketones (excluding diaryl/α,β-unsaturated/α-hetero) is 1. The summed E-state index contributed by atoms with van der Waals surface area (Å²) in [4.78, 5) is 28.4. The van der Waals surface area contributed by atoms with Gasteiger partial charge in [0.05, 0.1) is 10.9 Å². The second-order valence-corrected chi connectivity index (χ2v) is 6.39. The highest BCUT2D eigenvalue weighted by Crippen LogP contribution is 2.44. The van der Waals surface area contributed by atoms with Gasteiger partial charge in [0.1, 0.15) is 5.92 Å². The Kier molecular flexibility index (Phi) is 4.25. The summed E-state index contributed by atoms with van der Waals surface area (Å²) in [6.45, 7) is 0. The van der Waals surface area contributed by atoms with Gasteiger partial charge in [-0.05, 0) is 23.1 Å². The Morgan fingerprint density at radius 3 is 2.64 bits per heavy atom. The van der Waals surface area contributed by atoms with Gasteiger partial charge in [-0.3, -0.25) is 9.78 Å². The summed E-state index contributed by atoms with van der Waals surface area (Å²) in [5.41, 5.74) is -3.54. The molecule has 1 aliphatic rings. The minimum absolute atomic E-state index is 0.0412. The van der Waals surface area contributed by atoms with E-state index < -0.39 is 35.7 Å². The zero-order chi connectivity index (χ0) is 18.2. The van der Waals surface area contributed by atoms with Gasteiger partial charge in [-0.1, -0.05) is 12.1 Å². The number of amides is 2. The number of urea groups is 1. The molecule has 2 aromatic heterocycles. The number of carbonyl (C=O) groups excluding carboxylic acids is 2. The van der Waals surface area contributed by atoms with Gasteiger partial charge in [0, 0.05) is 12.4 Å². The number of halogens is 3. The van der Waals surface area contributed by atoms with Crippen LogP contribution in [-0.4, -0.2) is 33.8 Å². The predicted molar refractivity (Wildman–Crippen MR) is 81.8 cm³/mol. The maximum atomic E-state index is 13.6. The summed E-state index contributed by atoms with van der Waals surface area (Å²) >= 11 is 0.950. The molecule has 0 spiro atoms. The van der Waals surface area contributed by atoms with Crippen LogP contribution in [-0.2, 0) is 0 Å². The zero-order valence-electron chi connectivity index (χ0n) is 12.4. The summed E-state index contributed by atoms with van der Waals surface area (Å²) in [5, 5.41) is 15.6. The summed E-state index contributed by atoms with van der Waals surface area (Å²) in [5.74, 6) is -2.95. The average Bonchev–Trinajstić information content (AvgIpc) is 3.08. The molecule has 3 heterocycles. The molecule has 0 radical (unpaired) electrons. The van der Waals surface area contributed by atoms with Crippen LogP contribution in [0.15, 0.2) is 42.0 Å². The Morgan fingerprint density at radius 1 is 1.32 bits per heavy atom. The fourth-order valence-electron chi connectivity index (χ4n) is 2.75. The van der Waals surface area contributed by atoms with Crippen molar-refractivity contribution >= 4 is 23.2 Å². The van der Waals surface area contributed by atoms with E-state index in [9.17, 15) is 27.9 Å². The van der Waals surface area contributed by atoms with Crippen LogP contribution in [0.1, 0.15) is 21.3 Å². The number of ketones is 1. The number of carbonyl (C=O) groups is 2. The van der Waals surface area contributed by atoms with Gasteiger partial charge >= 0.3 is 12.2 Å². The number of nitrogens with one attached hydrogen (secondary N) is 2. The van der Waals surface area contributed by atoms with Crippen molar-refractivity contribution in [3.63, 3.8) is 0 Å². The number of aliphatic hydroxyl groups is 1. The van der Waals surface area contributed by atoms with Gasteiger partial charge in [0.15, 0.2) is 5.78 Å². The molecule has 0 bridgehead atoms. The van der Waals surface area contributed by atoms with E-state index in [0.29, 0.717) is 0 Å². The van der Waals surface area contributed by atoms with Crippen LogP contribution in [0.25, 0.3) is 0 Å². The van der Waals surface area contributed by atoms with Gasteiger partial charge in [-0.25, -0.2) is 4.79 Å². The number of pyridine rings is 1. The number of alkyl halides is 3. The van der Waals surface area contributed by atoms with E-state index in [-0.39, 0.29) is 10.4 Å². The minimum atomic E-state index is -5.26. The summed E-state index contributed by atoms with van der Waals surface area (Å²) < 4.78 is 40.7. The van der Waals surface area contributed by atoms with Crippen LogP contribution < -0.4 is 10.6 Å². The van der Waals surface area contributed by atoms with E-state index in [2.05, 4.69) is 10.3 Å². The Morgan fingerprint density at radius 2 is 2.08 bits per heavy atom. The third-order valence-corrected chi connectivity index (χ3v) is 4.78. The lowest BCUT2D eigenvalue weighted by atomic mass is 9.79. The van der Waals surface area contributed by atoms with Gasteiger partial charge in [0.25, 0.3) is 0 Å². The number of rotatable bonds is 3. The van der Waals surface area contributed by atoms with Crippen LogP contribution in [0.2, 0.25) is 0 Å². The lowest BCUT2D eigenvalue weighted by Gasteiger charge is -2.44. The fraction of sp³-hybridized carbons (Fsp3) is 0.267. The normalized spacial score (nSPS) is 26.6. The Balaban J connectivity index is 2.15. The smallest absolute Gasteiger partial charge is 0.363 e. The van der Waals surface area contributed by atoms with E-state index in [1.165, 1.54) is 47.4 Å². The van der Waals surface area contributed by atoms with Gasteiger partial charge in [0.2, 0.25) is 5.72 Å². The van der Waals surface area contributed by atoms with Crippen molar-refractivity contribution < 1.29 is 27.9 Å². The van der Waals surface area contributed by atoms with Crippen molar-refractivity contribution in [1.82, 2.24) is 15.6 Å². The van der Waals surface area contributed by atoms with Crippen molar-refractivity contribution in [3.8, 4) is 0 Å². The lowest BCUT2D eigenvalue weighted by Crippen LogP contribution is -2.72. The van der Waals surface area contributed by atoms with Crippen molar-refractivity contribution in [2.45, 2.75) is 17.9 Å². The maximum Gasteiger partial charge on any atom is 0.437 e. The van der Waals surface area contributed by atoms with E-state index in [4.69, 9.17) is 0 Å². The molecule has 0 saturated carbocycles. The molecule has 2 aromatic rings. The predicted octanol–water partition coefficient (Wildman–Crippen LogP) is 2.25. The minimum Gasteiger partial charge on any atom is -0.363 e. The third kappa shape index (κ3) is 2.98. The largest absolute Gasteiger partial charge is 0.437 e. The van der Waals surface area contributed by atoms with Crippen molar-refractivity contribution in [2.75, 3.05) is 0 Å². The Hall–Kier alpha value is -2.46. The molecule has 1 fully saturated rings. The molecule has 132 valence electrons. The van der Waals surface area contributed by atoms with Gasteiger partial charge < -0.3 is 15.7 Å². The number of aromatic nitrogens is 1. The van der Waals surface area contributed by atoms with Crippen LogP contribution in [0.5, 0.6) is 0 Å². The first-order valence-electron chi connectivity index (χ1n) is 7.09. The maximum absolute atomic E-state index is 13.6. The third-order valence-electron chi connectivity index (χ3n) is 3.90. The monoisotopic (exact) mass is 371 g/mol. The molecule has 10 heteroatoms. The number of thiophene rings is 1. The molecular weight excluding hydrogens is 359 g/mol. The first kappa shape index (κ1) is 17.4. The average molecular weight is 371 g/mol. The highest BCUT2D eigenvalue weighted by Gasteiger charge is 2.66. The molecule has 6 nitrogen and oxygen atoms in total. The molecule has 0 aromatic carbocycles. The van der Waals surface area contributed by atoms with Crippen LogP contribution in [0.4, 0.5) is 18.0 Å².